The number of ether oxygens (including phenoxy) is 1. The molecule has 0 aliphatic heterocycles. The highest BCUT2D eigenvalue weighted by atomic mass is 31.2. The molecule has 0 aliphatic rings. The number of benzene rings is 6. The van der Waals surface area contributed by atoms with E-state index in [1.54, 1.807) is 0 Å². The Morgan fingerprint density at radius 2 is 0.640 bits per heavy atom. The first-order valence-electron chi connectivity index (χ1n) is 27.1. The first-order valence-corrected chi connectivity index (χ1v) is 29.3. The number of aryl methyl sites for hydroxylation is 4. The average molecular weight is 1060 g/mol. The lowest BCUT2D eigenvalue weighted by Gasteiger charge is -2.37. The molecule has 0 heterocycles. The fourth-order valence-electron chi connectivity index (χ4n) is 8.91. The van der Waals surface area contributed by atoms with Gasteiger partial charge >= 0.3 is 17.2 Å². The van der Waals surface area contributed by atoms with Gasteiger partial charge in [0.05, 0.1) is 0 Å². The van der Waals surface area contributed by atoms with E-state index in [0.717, 1.165) is 109 Å². The molecule has 0 unspecified atom stereocenters. The van der Waals surface area contributed by atoms with E-state index in [1.165, 1.54) is 5.56 Å². The second-order valence-corrected chi connectivity index (χ2v) is 25.3. The van der Waals surface area contributed by atoms with Gasteiger partial charge in [0, 0.05) is 27.8 Å². The fraction of sp³-hybridized carbons (Fsp3) is 0.455. The Kier molecular flexibility index (Phi) is 18.6. The van der Waals surface area contributed by atoms with E-state index in [0.29, 0.717) is 34.5 Å². The van der Waals surface area contributed by atoms with Crippen LogP contribution in [0.3, 0.4) is 0 Å². The smallest absolute Gasteiger partial charge is 0.488 e. The second kappa shape index (κ2) is 23.6. The normalized spacial score (nSPS) is 12.3. The quantitative estimate of drug-likeness (QED) is 0.0628. The molecule has 0 fully saturated rings. The van der Waals surface area contributed by atoms with Crippen LogP contribution >= 0.6 is 17.2 Å². The Morgan fingerprint density at radius 1 is 0.333 bits per heavy atom. The molecule has 404 valence electrons. The SMILES string of the molecule is CCC(C)(C)Oc1cc(C(C)(C)CC)c(OP(Oc2cccc(C)c2C)Oc2cccc(C)c2C)c(-c2c(C)c(C(C)(C)CC)cc(C(C)(C)CC)c2OP(Oc2cccc(C)c2C)Oc2cccc(C)c2C)c1C. The molecule has 6 aromatic rings. The Hall–Kier alpha value is -5.22. The van der Waals surface area contributed by atoms with Crippen LogP contribution in [0.5, 0.6) is 40.2 Å². The first kappa shape index (κ1) is 59.0. The van der Waals surface area contributed by atoms with Gasteiger partial charge in [0.25, 0.3) is 0 Å². The summed E-state index contributed by atoms with van der Waals surface area (Å²) in [6.07, 6.45) is 3.33. The van der Waals surface area contributed by atoms with Crippen molar-refractivity contribution in [3.63, 3.8) is 0 Å². The number of rotatable bonds is 22. The van der Waals surface area contributed by atoms with Gasteiger partial charge in [-0.25, -0.2) is 0 Å². The number of hydrogen-bond donors (Lipinski definition) is 0. The third kappa shape index (κ3) is 13.0. The lowest BCUT2D eigenvalue weighted by Crippen LogP contribution is -2.28. The van der Waals surface area contributed by atoms with Crippen molar-refractivity contribution in [3.8, 4) is 51.4 Å². The predicted molar refractivity (Wildman–Crippen MR) is 318 cm³/mol. The summed E-state index contributed by atoms with van der Waals surface area (Å²) in [5.74, 6) is 4.89. The largest absolute Gasteiger partial charge is 0.530 e. The van der Waals surface area contributed by atoms with E-state index in [1.807, 2.05) is 48.5 Å². The molecule has 0 spiro atoms. The van der Waals surface area contributed by atoms with Gasteiger partial charge in [-0.2, -0.15) is 0 Å². The van der Waals surface area contributed by atoms with Crippen LogP contribution in [0.2, 0.25) is 0 Å². The highest BCUT2D eigenvalue weighted by Gasteiger charge is 2.40. The van der Waals surface area contributed by atoms with E-state index in [-0.39, 0.29) is 5.41 Å². The highest BCUT2D eigenvalue weighted by Crippen LogP contribution is 2.59. The molecule has 0 radical (unpaired) electrons. The second-order valence-electron chi connectivity index (χ2n) is 23.3. The summed E-state index contributed by atoms with van der Waals surface area (Å²) >= 11 is 0. The zero-order valence-corrected chi connectivity index (χ0v) is 51.5. The fourth-order valence-corrected chi connectivity index (χ4v) is 11.2. The van der Waals surface area contributed by atoms with Crippen molar-refractivity contribution in [2.24, 2.45) is 0 Å². The van der Waals surface area contributed by atoms with Crippen molar-refractivity contribution < 1.29 is 31.9 Å². The predicted octanol–water partition coefficient (Wildman–Crippen LogP) is 20.6. The Labute approximate surface area is 455 Å². The van der Waals surface area contributed by atoms with Gasteiger partial charge in [0.1, 0.15) is 45.8 Å². The molecule has 6 aromatic carbocycles. The molecule has 0 saturated heterocycles. The molecule has 0 atom stereocenters. The van der Waals surface area contributed by atoms with Crippen LogP contribution in [-0.2, 0) is 16.2 Å². The number of hydrogen-bond acceptors (Lipinski definition) is 7. The van der Waals surface area contributed by atoms with Gasteiger partial charge in [-0.05, 0) is 211 Å². The van der Waals surface area contributed by atoms with Gasteiger partial charge in [0.15, 0.2) is 0 Å². The summed E-state index contributed by atoms with van der Waals surface area (Å²) in [5.41, 5.74) is 13.9. The summed E-state index contributed by atoms with van der Waals surface area (Å²) in [7, 11) is -4.36. The minimum absolute atomic E-state index is 0.242. The van der Waals surface area contributed by atoms with Crippen LogP contribution < -0.4 is 31.9 Å². The van der Waals surface area contributed by atoms with Crippen LogP contribution in [-0.4, -0.2) is 5.60 Å². The first-order chi connectivity index (χ1) is 35.1. The summed E-state index contributed by atoms with van der Waals surface area (Å²) in [6, 6.07) is 29.1. The zero-order chi connectivity index (χ0) is 55.5. The minimum atomic E-state index is -2.18. The lowest BCUT2D eigenvalue weighted by molar-refractivity contribution is 0.104. The standard InChI is InChI=1S/C66H88O7P2/c1-23-63(15,16)51-39-52(64(17,18)24-2)61(72-74(68-54-35-27-31-41(5)45(54)9)69-55-36-28-32-42(6)46(55)10)59(49(51)13)60-50(14)58(67-66(21,22)26-4)40-53(65(19,20)25-3)62(60)73-75(70-56-37-29-33-43(7)47(56)11)71-57-38-30-34-44(8)48(57)12/h27-40H,23-26H2,1-22H3. The van der Waals surface area contributed by atoms with Gasteiger partial charge in [-0.3, -0.25) is 0 Å². The summed E-state index contributed by atoms with van der Waals surface area (Å²) in [5, 5.41) is 0. The zero-order valence-electron chi connectivity index (χ0n) is 49.7. The summed E-state index contributed by atoms with van der Waals surface area (Å²) in [4.78, 5) is 0. The maximum atomic E-state index is 7.74. The molecule has 6 rings (SSSR count). The highest BCUT2D eigenvalue weighted by molar-refractivity contribution is 7.43. The van der Waals surface area contributed by atoms with Crippen molar-refractivity contribution in [2.45, 2.75) is 200 Å². The van der Waals surface area contributed by atoms with E-state index >= 15 is 0 Å². The van der Waals surface area contributed by atoms with Crippen molar-refractivity contribution >= 4 is 17.2 Å². The Bertz CT molecular complexity index is 2890. The van der Waals surface area contributed by atoms with E-state index in [9.17, 15) is 0 Å². The molecule has 7 nitrogen and oxygen atoms in total. The lowest BCUT2D eigenvalue weighted by atomic mass is 9.71. The van der Waals surface area contributed by atoms with Crippen molar-refractivity contribution in [3.05, 3.63) is 157 Å². The average Bonchev–Trinajstić information content (AvgIpc) is 3.35. The van der Waals surface area contributed by atoms with Crippen molar-refractivity contribution in [2.75, 3.05) is 0 Å². The third-order valence-electron chi connectivity index (χ3n) is 16.6. The Morgan fingerprint density at radius 3 is 0.960 bits per heavy atom. The van der Waals surface area contributed by atoms with E-state index in [2.05, 4.69) is 189 Å². The van der Waals surface area contributed by atoms with E-state index < -0.39 is 33.6 Å². The molecule has 0 N–H and O–H groups in total. The molecule has 0 saturated carbocycles. The molecule has 0 amide bonds. The molecule has 0 aromatic heterocycles. The van der Waals surface area contributed by atoms with Crippen LogP contribution in [0.15, 0.2) is 84.9 Å². The van der Waals surface area contributed by atoms with Gasteiger partial charge in [-0.1, -0.05) is 124 Å². The van der Waals surface area contributed by atoms with Gasteiger partial charge in [-0.15, -0.1) is 0 Å². The maximum absolute atomic E-state index is 7.74. The van der Waals surface area contributed by atoms with Crippen LogP contribution in [0.25, 0.3) is 11.1 Å². The molecule has 75 heavy (non-hydrogen) atoms. The van der Waals surface area contributed by atoms with Crippen LogP contribution in [0.4, 0.5) is 0 Å². The molecule has 9 heteroatoms. The monoisotopic (exact) mass is 1050 g/mol. The molecular weight excluding hydrogens is 967 g/mol. The van der Waals surface area contributed by atoms with Gasteiger partial charge in [0.2, 0.25) is 0 Å². The van der Waals surface area contributed by atoms with Gasteiger partial charge < -0.3 is 31.9 Å². The topological polar surface area (TPSA) is 64.6 Å². The molecular formula is C66H88O7P2. The van der Waals surface area contributed by atoms with E-state index in [4.69, 9.17) is 31.9 Å². The summed E-state index contributed by atoms with van der Waals surface area (Å²) in [6.45, 7) is 48.3. The molecule has 0 bridgehead atoms. The third-order valence-corrected chi connectivity index (χ3v) is 18.6. The minimum Gasteiger partial charge on any atom is -0.488 e. The molecule has 0 aliphatic carbocycles. The van der Waals surface area contributed by atoms with Crippen molar-refractivity contribution in [1.29, 1.82) is 0 Å². The van der Waals surface area contributed by atoms with Crippen LogP contribution in [0, 0.1) is 69.2 Å². The van der Waals surface area contributed by atoms with Crippen molar-refractivity contribution in [1.82, 2.24) is 0 Å². The van der Waals surface area contributed by atoms with Crippen LogP contribution in [0.1, 0.15) is 181 Å². The maximum Gasteiger partial charge on any atom is 0.530 e. The Balaban J connectivity index is 1.83. The summed E-state index contributed by atoms with van der Waals surface area (Å²) < 4.78 is 51.1.